The molecule has 1 N–H and O–H groups in total. The van der Waals surface area contributed by atoms with Gasteiger partial charge in [-0.2, -0.15) is 5.10 Å². The molecule has 0 saturated carbocycles. The molecule has 1 aromatic carbocycles. The van der Waals surface area contributed by atoms with E-state index in [-0.39, 0.29) is 0 Å². The zero-order valence-corrected chi connectivity index (χ0v) is 8.90. The second-order valence-electron chi connectivity index (χ2n) is 3.65. The highest BCUT2D eigenvalue weighted by Crippen LogP contribution is 2.23. The number of hydrogen-bond acceptors (Lipinski definition) is 2. The molecule has 78 valence electrons. The lowest BCUT2D eigenvalue weighted by atomic mass is 10.0. The molecular weight excluding hydrogens is 192 g/mol. The number of aromatic nitrogens is 2. The minimum absolute atomic E-state index is 0.338. The van der Waals surface area contributed by atoms with Gasteiger partial charge in [-0.05, 0) is 25.5 Å². The van der Waals surface area contributed by atoms with Crippen LogP contribution in [0.2, 0.25) is 0 Å². The molecule has 0 amide bonds. The van der Waals surface area contributed by atoms with Gasteiger partial charge in [-0.3, -0.25) is 4.68 Å². The Bertz CT molecular complexity index is 555. The number of nitrogens with zero attached hydrogens (tertiary/aromatic N) is 2. The van der Waals surface area contributed by atoms with E-state index >= 15 is 0 Å². The topological polar surface area (TPSA) is 55.1 Å². The minimum atomic E-state index is -0.895. The molecule has 4 nitrogen and oxygen atoms in total. The van der Waals surface area contributed by atoms with Crippen LogP contribution in [0.1, 0.15) is 21.6 Å². The van der Waals surface area contributed by atoms with Crippen LogP contribution in [0.3, 0.4) is 0 Å². The Hall–Kier alpha value is -1.84. The standard InChI is InChI=1S/C11H12N2O2/c1-6-8(11(14)15)4-5-9-7(2)12-13(3)10(6)9/h4-5H,1-3H3,(H,14,15). The van der Waals surface area contributed by atoms with E-state index in [1.54, 1.807) is 10.7 Å². The Morgan fingerprint density at radius 1 is 1.40 bits per heavy atom. The molecule has 0 unspecified atom stereocenters. The van der Waals surface area contributed by atoms with Gasteiger partial charge in [0.25, 0.3) is 0 Å². The molecule has 2 rings (SSSR count). The molecule has 0 bridgehead atoms. The van der Waals surface area contributed by atoms with Gasteiger partial charge < -0.3 is 5.11 Å². The lowest BCUT2D eigenvalue weighted by Gasteiger charge is -2.03. The van der Waals surface area contributed by atoms with E-state index < -0.39 is 5.97 Å². The van der Waals surface area contributed by atoms with Crippen molar-refractivity contribution >= 4 is 16.9 Å². The Balaban J connectivity index is 2.89. The zero-order chi connectivity index (χ0) is 11.2. The van der Waals surface area contributed by atoms with E-state index in [0.29, 0.717) is 5.56 Å². The normalized spacial score (nSPS) is 10.9. The van der Waals surface area contributed by atoms with E-state index in [1.807, 2.05) is 27.0 Å². The van der Waals surface area contributed by atoms with Crippen LogP contribution in [0.15, 0.2) is 12.1 Å². The summed E-state index contributed by atoms with van der Waals surface area (Å²) in [5.41, 5.74) is 2.92. The fraction of sp³-hybridized carbons (Fsp3) is 0.273. The lowest BCUT2D eigenvalue weighted by Crippen LogP contribution is -2.01. The van der Waals surface area contributed by atoms with Gasteiger partial charge in [0.15, 0.2) is 0 Å². The highest BCUT2D eigenvalue weighted by molar-refractivity contribution is 5.97. The van der Waals surface area contributed by atoms with Gasteiger partial charge >= 0.3 is 5.97 Å². The molecule has 0 saturated heterocycles. The van der Waals surface area contributed by atoms with Crippen LogP contribution in [0.5, 0.6) is 0 Å². The van der Waals surface area contributed by atoms with E-state index in [2.05, 4.69) is 5.10 Å². The maximum absolute atomic E-state index is 11.0. The number of carbonyl (C=O) groups is 1. The number of carboxylic acid groups (broad SMARTS) is 1. The highest BCUT2D eigenvalue weighted by Gasteiger charge is 2.14. The van der Waals surface area contributed by atoms with Gasteiger partial charge in [-0.1, -0.05) is 6.07 Å². The van der Waals surface area contributed by atoms with Gasteiger partial charge in [0, 0.05) is 12.4 Å². The highest BCUT2D eigenvalue weighted by atomic mass is 16.4. The van der Waals surface area contributed by atoms with Crippen molar-refractivity contribution in [3.8, 4) is 0 Å². The summed E-state index contributed by atoms with van der Waals surface area (Å²) in [7, 11) is 1.83. The van der Waals surface area contributed by atoms with Crippen molar-refractivity contribution < 1.29 is 9.90 Å². The summed E-state index contributed by atoms with van der Waals surface area (Å²) < 4.78 is 1.73. The number of aryl methyl sites for hydroxylation is 3. The zero-order valence-electron chi connectivity index (χ0n) is 8.90. The van der Waals surface area contributed by atoms with Crippen LogP contribution in [-0.2, 0) is 7.05 Å². The second-order valence-corrected chi connectivity index (χ2v) is 3.65. The molecule has 4 heteroatoms. The third-order valence-electron chi connectivity index (χ3n) is 2.67. The quantitative estimate of drug-likeness (QED) is 0.771. The molecule has 0 radical (unpaired) electrons. The summed E-state index contributed by atoms with van der Waals surface area (Å²) in [5.74, 6) is -0.895. The molecular formula is C11H12N2O2. The van der Waals surface area contributed by atoms with Gasteiger partial charge in [-0.25, -0.2) is 4.79 Å². The van der Waals surface area contributed by atoms with Crippen LogP contribution in [-0.4, -0.2) is 20.9 Å². The van der Waals surface area contributed by atoms with E-state index in [9.17, 15) is 4.79 Å². The summed E-state index contributed by atoms with van der Waals surface area (Å²) in [5, 5.41) is 14.3. The van der Waals surface area contributed by atoms with Crippen molar-refractivity contribution in [3.63, 3.8) is 0 Å². The van der Waals surface area contributed by atoms with Gasteiger partial charge in [0.05, 0.1) is 16.8 Å². The van der Waals surface area contributed by atoms with Crippen molar-refractivity contribution in [1.82, 2.24) is 9.78 Å². The summed E-state index contributed by atoms with van der Waals surface area (Å²) in [6.07, 6.45) is 0. The fourth-order valence-corrected chi connectivity index (χ4v) is 1.97. The Kier molecular flexibility index (Phi) is 2.00. The number of rotatable bonds is 1. The number of carboxylic acids is 1. The molecule has 0 aliphatic carbocycles. The maximum atomic E-state index is 11.0. The molecule has 0 spiro atoms. The predicted molar refractivity (Wildman–Crippen MR) is 57.1 cm³/mol. The molecule has 0 atom stereocenters. The van der Waals surface area contributed by atoms with Crippen molar-refractivity contribution in [2.45, 2.75) is 13.8 Å². The SMILES string of the molecule is Cc1nn(C)c2c(C)c(C(=O)O)ccc12. The van der Waals surface area contributed by atoms with Crippen LogP contribution in [0.25, 0.3) is 10.9 Å². The predicted octanol–water partition coefficient (Wildman–Crippen LogP) is 1.89. The second kappa shape index (κ2) is 3.08. The first-order valence-corrected chi connectivity index (χ1v) is 4.68. The molecule has 0 fully saturated rings. The average molecular weight is 204 g/mol. The molecule has 2 aromatic rings. The Morgan fingerprint density at radius 3 is 2.67 bits per heavy atom. The number of aromatic carboxylic acids is 1. The van der Waals surface area contributed by atoms with Crippen molar-refractivity contribution in [1.29, 1.82) is 0 Å². The first-order valence-electron chi connectivity index (χ1n) is 4.68. The van der Waals surface area contributed by atoms with Crippen molar-refractivity contribution in [2.24, 2.45) is 7.05 Å². The van der Waals surface area contributed by atoms with Crippen molar-refractivity contribution in [3.05, 3.63) is 29.0 Å². The maximum Gasteiger partial charge on any atom is 0.336 e. The van der Waals surface area contributed by atoms with E-state index in [1.165, 1.54) is 0 Å². The van der Waals surface area contributed by atoms with Crippen LogP contribution >= 0.6 is 0 Å². The summed E-state index contributed by atoms with van der Waals surface area (Å²) in [6, 6.07) is 3.45. The summed E-state index contributed by atoms with van der Waals surface area (Å²) in [4.78, 5) is 11.0. The van der Waals surface area contributed by atoms with Crippen molar-refractivity contribution in [2.75, 3.05) is 0 Å². The smallest absolute Gasteiger partial charge is 0.336 e. The first-order chi connectivity index (χ1) is 7.02. The number of fused-ring (bicyclic) bond motifs is 1. The van der Waals surface area contributed by atoms with Crippen LogP contribution in [0.4, 0.5) is 0 Å². The van der Waals surface area contributed by atoms with E-state index in [4.69, 9.17) is 5.11 Å². The Morgan fingerprint density at radius 2 is 2.07 bits per heavy atom. The summed E-state index contributed by atoms with van der Waals surface area (Å²) in [6.45, 7) is 3.73. The molecule has 15 heavy (non-hydrogen) atoms. The van der Waals surface area contributed by atoms with E-state index in [0.717, 1.165) is 22.2 Å². The molecule has 1 heterocycles. The monoisotopic (exact) mass is 204 g/mol. The third kappa shape index (κ3) is 1.29. The number of hydrogen-bond donors (Lipinski definition) is 1. The van der Waals surface area contributed by atoms with Gasteiger partial charge in [-0.15, -0.1) is 0 Å². The average Bonchev–Trinajstić information content (AvgIpc) is 2.43. The van der Waals surface area contributed by atoms with Crippen LogP contribution in [0, 0.1) is 13.8 Å². The van der Waals surface area contributed by atoms with Gasteiger partial charge in [0.1, 0.15) is 0 Å². The third-order valence-corrected chi connectivity index (χ3v) is 2.67. The largest absolute Gasteiger partial charge is 0.478 e. The molecule has 1 aromatic heterocycles. The molecule has 0 aliphatic rings. The molecule has 0 aliphatic heterocycles. The van der Waals surface area contributed by atoms with Gasteiger partial charge in [0.2, 0.25) is 0 Å². The van der Waals surface area contributed by atoms with Crippen LogP contribution < -0.4 is 0 Å². The fourth-order valence-electron chi connectivity index (χ4n) is 1.97. The minimum Gasteiger partial charge on any atom is -0.478 e. The lowest BCUT2D eigenvalue weighted by molar-refractivity contribution is 0.0696. The Labute approximate surface area is 87.1 Å². The number of benzene rings is 1. The first kappa shape index (κ1) is 9.71. The summed E-state index contributed by atoms with van der Waals surface area (Å²) >= 11 is 0.